The van der Waals surface area contributed by atoms with Gasteiger partial charge in [0.2, 0.25) is 0 Å². The first-order chi connectivity index (χ1) is 19.7. The van der Waals surface area contributed by atoms with Crippen molar-refractivity contribution in [3.63, 3.8) is 0 Å². The van der Waals surface area contributed by atoms with Gasteiger partial charge in [0.1, 0.15) is 24.6 Å². The molecule has 226 valence electrons. The van der Waals surface area contributed by atoms with E-state index in [0.717, 1.165) is 33.6 Å². The molecule has 0 unspecified atom stereocenters. The molecule has 1 N–H and O–H groups in total. The molecule has 3 fully saturated rings. The molecule has 1 aromatic carbocycles. The third kappa shape index (κ3) is 7.01. The lowest BCUT2D eigenvalue weighted by Gasteiger charge is -2.27. The summed E-state index contributed by atoms with van der Waals surface area (Å²) in [6, 6.07) is 6.45. The maximum atomic E-state index is 15.1. The standard InChI is InChI=1S/C26H26ClFN4O8S.ClH/c27-21-6-5-20(41-21)24(35)32(23(34)14-39-25(36)18-2-1-7-29-18)12-16-11-31(26(37)40-16)19-4-3-15(10-17(19)28)30-8-9-38-13-22(30)33;/h3-6,10,16,18,29H,1-2,7-9,11-14H2;1H/t16-,18+;/m1./s1. The van der Waals surface area contributed by atoms with Gasteiger partial charge in [-0.25, -0.2) is 9.18 Å². The van der Waals surface area contributed by atoms with E-state index < -0.39 is 48.4 Å². The zero-order valence-corrected chi connectivity index (χ0v) is 24.5. The van der Waals surface area contributed by atoms with Gasteiger partial charge in [0, 0.05) is 12.2 Å². The van der Waals surface area contributed by atoms with E-state index in [1.165, 1.54) is 29.2 Å². The van der Waals surface area contributed by atoms with Gasteiger partial charge >= 0.3 is 12.1 Å². The van der Waals surface area contributed by atoms with Crippen molar-refractivity contribution in [3.8, 4) is 0 Å². The first-order valence-electron chi connectivity index (χ1n) is 12.9. The van der Waals surface area contributed by atoms with Crippen LogP contribution in [0, 0.1) is 5.82 Å². The smallest absolute Gasteiger partial charge is 0.414 e. The lowest BCUT2D eigenvalue weighted by Crippen LogP contribution is -2.45. The number of nitrogens with zero attached hydrogens (tertiary/aromatic N) is 3. The number of benzene rings is 1. The van der Waals surface area contributed by atoms with Crippen LogP contribution in [0.5, 0.6) is 0 Å². The second-order valence-electron chi connectivity index (χ2n) is 9.52. The molecular weight excluding hydrogens is 618 g/mol. The van der Waals surface area contributed by atoms with Crippen LogP contribution < -0.4 is 15.1 Å². The number of imide groups is 1. The number of nitrogens with one attached hydrogen (secondary N) is 1. The molecule has 3 saturated heterocycles. The number of amides is 4. The Bertz CT molecular complexity index is 1370. The molecule has 5 rings (SSSR count). The van der Waals surface area contributed by atoms with Crippen LogP contribution in [0.2, 0.25) is 4.34 Å². The zero-order valence-electron chi connectivity index (χ0n) is 22.1. The van der Waals surface area contributed by atoms with Gasteiger partial charge in [-0.15, -0.1) is 23.7 Å². The van der Waals surface area contributed by atoms with Crippen molar-refractivity contribution in [2.75, 3.05) is 55.8 Å². The van der Waals surface area contributed by atoms with Crippen molar-refractivity contribution < 1.29 is 42.6 Å². The van der Waals surface area contributed by atoms with Gasteiger partial charge in [0.25, 0.3) is 17.7 Å². The summed E-state index contributed by atoms with van der Waals surface area (Å²) in [4.78, 5) is 66.9. The average molecular weight is 645 g/mol. The molecule has 12 nitrogen and oxygen atoms in total. The van der Waals surface area contributed by atoms with E-state index in [9.17, 15) is 24.0 Å². The second-order valence-corrected chi connectivity index (χ2v) is 11.2. The molecule has 4 amide bonds. The van der Waals surface area contributed by atoms with Crippen LogP contribution >= 0.6 is 35.3 Å². The third-order valence-corrected chi connectivity index (χ3v) is 8.01. The topological polar surface area (TPSA) is 135 Å². The number of esters is 1. The molecule has 0 aliphatic carbocycles. The van der Waals surface area contributed by atoms with Crippen molar-refractivity contribution in [3.05, 3.63) is 45.4 Å². The molecule has 0 radical (unpaired) electrons. The highest BCUT2D eigenvalue weighted by molar-refractivity contribution is 7.18. The lowest BCUT2D eigenvalue weighted by molar-refractivity contribution is -0.152. The molecule has 0 bridgehead atoms. The van der Waals surface area contributed by atoms with E-state index in [1.807, 2.05) is 0 Å². The van der Waals surface area contributed by atoms with Crippen molar-refractivity contribution in [1.82, 2.24) is 10.2 Å². The molecule has 16 heteroatoms. The molecule has 0 saturated carbocycles. The number of hydrogen-bond donors (Lipinski definition) is 1. The van der Waals surface area contributed by atoms with E-state index >= 15 is 4.39 Å². The van der Waals surface area contributed by atoms with Crippen molar-refractivity contribution in [2.24, 2.45) is 0 Å². The van der Waals surface area contributed by atoms with E-state index in [4.69, 9.17) is 25.8 Å². The summed E-state index contributed by atoms with van der Waals surface area (Å²) < 4.78 is 31.1. The molecule has 1 aromatic heterocycles. The Kier molecular flexibility index (Phi) is 10.4. The quantitative estimate of drug-likeness (QED) is 0.430. The highest BCUT2D eigenvalue weighted by Gasteiger charge is 2.38. The first kappa shape index (κ1) is 31.6. The molecule has 4 heterocycles. The first-order valence-corrected chi connectivity index (χ1v) is 14.1. The summed E-state index contributed by atoms with van der Waals surface area (Å²) in [7, 11) is 0. The summed E-state index contributed by atoms with van der Waals surface area (Å²) in [6.45, 7) is -0.0802. The minimum absolute atomic E-state index is 0. The van der Waals surface area contributed by atoms with Gasteiger partial charge in [-0.3, -0.25) is 29.0 Å². The molecule has 2 aromatic rings. The van der Waals surface area contributed by atoms with Crippen LogP contribution in [-0.4, -0.2) is 92.8 Å². The fraction of sp³-hybridized carbons (Fsp3) is 0.423. The number of ether oxygens (including phenoxy) is 3. The van der Waals surface area contributed by atoms with E-state index in [-0.39, 0.29) is 55.1 Å². The van der Waals surface area contributed by atoms with E-state index in [0.29, 0.717) is 29.6 Å². The fourth-order valence-corrected chi connectivity index (χ4v) is 5.74. The minimum atomic E-state index is -1.00. The number of hydrogen-bond acceptors (Lipinski definition) is 10. The molecule has 0 spiro atoms. The highest BCUT2D eigenvalue weighted by Crippen LogP contribution is 2.30. The Morgan fingerprint density at radius 3 is 2.67 bits per heavy atom. The van der Waals surface area contributed by atoms with Crippen LogP contribution in [0.25, 0.3) is 0 Å². The summed E-state index contributed by atoms with van der Waals surface area (Å²) in [5, 5.41) is 2.98. The maximum Gasteiger partial charge on any atom is 0.414 e. The number of carbonyl (C=O) groups excluding carboxylic acids is 5. The SMILES string of the molecule is Cl.O=C(OCC(=O)N(C[C@H]1CN(c2ccc(N3CCOCC3=O)cc2F)C(=O)O1)C(=O)c1ccc(Cl)s1)[C@@H]1CCCN1. The number of carbonyl (C=O) groups is 5. The van der Waals surface area contributed by atoms with Crippen LogP contribution in [0.3, 0.4) is 0 Å². The van der Waals surface area contributed by atoms with Crippen molar-refractivity contribution in [1.29, 1.82) is 0 Å². The monoisotopic (exact) mass is 644 g/mol. The zero-order chi connectivity index (χ0) is 29.1. The number of anilines is 2. The van der Waals surface area contributed by atoms with Gasteiger partial charge in [-0.2, -0.15) is 0 Å². The Labute approximate surface area is 255 Å². The van der Waals surface area contributed by atoms with Gasteiger partial charge in [-0.05, 0) is 49.7 Å². The van der Waals surface area contributed by atoms with E-state index in [2.05, 4.69) is 5.32 Å². The lowest BCUT2D eigenvalue weighted by atomic mass is 10.2. The Morgan fingerprint density at radius 2 is 2.00 bits per heavy atom. The van der Waals surface area contributed by atoms with Crippen molar-refractivity contribution in [2.45, 2.75) is 25.0 Å². The van der Waals surface area contributed by atoms with Gasteiger partial charge < -0.3 is 24.4 Å². The van der Waals surface area contributed by atoms with Gasteiger partial charge in [0.05, 0.1) is 34.6 Å². The van der Waals surface area contributed by atoms with Crippen LogP contribution in [0.15, 0.2) is 30.3 Å². The number of halogens is 3. The fourth-order valence-electron chi connectivity index (χ4n) is 4.75. The Hall–Kier alpha value is -3.30. The summed E-state index contributed by atoms with van der Waals surface area (Å²) in [6.07, 6.45) is -0.493. The number of morpholine rings is 1. The predicted molar refractivity (Wildman–Crippen MR) is 152 cm³/mol. The molecule has 3 aliphatic heterocycles. The highest BCUT2D eigenvalue weighted by atomic mass is 35.5. The number of rotatable bonds is 8. The molecule has 2 atom stereocenters. The van der Waals surface area contributed by atoms with Crippen LogP contribution in [0.4, 0.5) is 20.6 Å². The van der Waals surface area contributed by atoms with Gasteiger partial charge in [0.15, 0.2) is 6.61 Å². The van der Waals surface area contributed by atoms with Gasteiger partial charge in [-0.1, -0.05) is 11.6 Å². The number of thiophene rings is 1. The van der Waals surface area contributed by atoms with Crippen molar-refractivity contribution >= 4 is 76.5 Å². The largest absolute Gasteiger partial charge is 0.454 e. The molecular formula is C26H27Cl2FN4O8S. The summed E-state index contributed by atoms with van der Waals surface area (Å²) in [5.74, 6) is -3.19. The third-order valence-electron chi connectivity index (χ3n) is 6.79. The average Bonchev–Trinajstić information content (AvgIpc) is 3.72. The van der Waals surface area contributed by atoms with E-state index in [1.54, 1.807) is 0 Å². The Morgan fingerprint density at radius 1 is 1.19 bits per heavy atom. The molecule has 42 heavy (non-hydrogen) atoms. The number of cyclic esters (lactones) is 1. The minimum Gasteiger partial charge on any atom is -0.454 e. The second kappa shape index (κ2) is 13.8. The predicted octanol–water partition coefficient (Wildman–Crippen LogP) is 2.62. The summed E-state index contributed by atoms with van der Waals surface area (Å²) in [5.41, 5.74) is 0.234. The maximum absolute atomic E-state index is 15.1. The molecule has 3 aliphatic rings. The summed E-state index contributed by atoms with van der Waals surface area (Å²) >= 11 is 6.93. The van der Waals surface area contributed by atoms with Crippen LogP contribution in [0.1, 0.15) is 22.5 Å². The van der Waals surface area contributed by atoms with Crippen LogP contribution in [-0.2, 0) is 28.6 Å². The normalized spacial score (nSPS) is 20.2. The Balaban J connectivity index is 0.00000405.